The van der Waals surface area contributed by atoms with E-state index in [-0.39, 0.29) is 18.7 Å². The van der Waals surface area contributed by atoms with Crippen LogP contribution in [0.5, 0.6) is 0 Å². The highest BCUT2D eigenvalue weighted by Crippen LogP contribution is 2.16. The predicted molar refractivity (Wildman–Crippen MR) is 47.1 cm³/mol. The molecule has 0 unspecified atom stereocenters. The predicted octanol–water partition coefficient (Wildman–Crippen LogP) is 0.772. The number of carbonyl (C=O) groups excluding carboxylic acids is 1. The van der Waals surface area contributed by atoms with Crippen LogP contribution < -0.4 is 5.48 Å². The number of benzene rings is 1. The third-order valence-electron chi connectivity index (χ3n) is 1.58. The molecule has 0 saturated heterocycles. The van der Waals surface area contributed by atoms with Gasteiger partial charge in [0.05, 0.1) is 11.5 Å². The van der Waals surface area contributed by atoms with Gasteiger partial charge in [0, 0.05) is 11.6 Å². The Balaban J connectivity index is 2.74. The van der Waals surface area contributed by atoms with Crippen LogP contribution in [0.3, 0.4) is 0 Å². The zero-order chi connectivity index (χ0) is 10.4. The van der Waals surface area contributed by atoms with Gasteiger partial charge in [0.15, 0.2) is 0 Å². The molecule has 1 aromatic carbocycles. The summed E-state index contributed by atoms with van der Waals surface area (Å²) >= 11 is 0. The minimum Gasteiger partial charge on any atom is -0.373 e. The highest BCUT2D eigenvalue weighted by Gasteiger charge is 2.11. The molecule has 1 rings (SSSR count). The Morgan fingerprint density at radius 2 is 2.21 bits per heavy atom. The van der Waals surface area contributed by atoms with Gasteiger partial charge in [-0.3, -0.25) is 14.9 Å². The number of hydroxylamine groups is 1. The summed E-state index contributed by atoms with van der Waals surface area (Å²) in [5.41, 5.74) is 2.73. The van der Waals surface area contributed by atoms with E-state index in [0.29, 0.717) is 5.56 Å². The maximum absolute atomic E-state index is 10.5. The van der Waals surface area contributed by atoms with Gasteiger partial charge in [-0.15, -0.1) is 5.48 Å². The van der Waals surface area contributed by atoms with Crippen molar-refractivity contribution in [3.05, 3.63) is 39.9 Å². The second-order valence-corrected chi connectivity index (χ2v) is 2.42. The molecule has 0 aliphatic carbocycles. The zero-order valence-corrected chi connectivity index (χ0v) is 7.17. The van der Waals surface area contributed by atoms with E-state index >= 15 is 0 Å². The van der Waals surface area contributed by atoms with Crippen molar-refractivity contribution in [3.8, 4) is 0 Å². The van der Waals surface area contributed by atoms with Crippen LogP contribution >= 0.6 is 0 Å². The summed E-state index contributed by atoms with van der Waals surface area (Å²) in [5.74, 6) is 0. The third kappa shape index (κ3) is 2.53. The number of hydrogen-bond donors (Lipinski definition) is 1. The number of carbonyl (C=O) groups is 1. The maximum atomic E-state index is 10.5. The molecule has 0 aliphatic heterocycles. The van der Waals surface area contributed by atoms with E-state index in [1.54, 1.807) is 18.2 Å². The van der Waals surface area contributed by atoms with Gasteiger partial charge < -0.3 is 4.84 Å². The van der Waals surface area contributed by atoms with Gasteiger partial charge in [-0.1, -0.05) is 18.2 Å². The first-order chi connectivity index (χ1) is 6.75. The number of nitrogens with zero attached hydrogens (tertiary/aromatic N) is 1. The summed E-state index contributed by atoms with van der Waals surface area (Å²) in [5, 5.41) is 10.5. The molecule has 0 bridgehead atoms. The molecule has 1 N–H and O–H groups in total. The summed E-state index contributed by atoms with van der Waals surface area (Å²) in [6.45, 7) is 0.324. The summed E-state index contributed by atoms with van der Waals surface area (Å²) in [7, 11) is 0. The van der Waals surface area contributed by atoms with Crippen molar-refractivity contribution in [1.82, 2.24) is 5.48 Å². The van der Waals surface area contributed by atoms with Crippen LogP contribution in [0.4, 0.5) is 5.69 Å². The Morgan fingerprint density at radius 1 is 1.50 bits per heavy atom. The fourth-order valence-corrected chi connectivity index (χ4v) is 0.992. The Labute approximate surface area is 79.6 Å². The molecule has 0 atom stereocenters. The number of hydrogen-bond acceptors (Lipinski definition) is 5. The van der Waals surface area contributed by atoms with E-state index < -0.39 is 4.92 Å². The van der Waals surface area contributed by atoms with E-state index in [0.717, 1.165) is 0 Å². The summed E-state index contributed by atoms with van der Waals surface area (Å²) in [6, 6.07) is 6.21. The molecule has 0 saturated carbocycles. The third-order valence-corrected chi connectivity index (χ3v) is 1.58. The van der Waals surface area contributed by atoms with Gasteiger partial charge in [-0.05, 0) is 0 Å². The lowest BCUT2D eigenvalue weighted by Gasteiger charge is -2.02. The number of nitro groups is 1. The van der Waals surface area contributed by atoms with E-state index in [4.69, 9.17) is 0 Å². The monoisotopic (exact) mass is 196 g/mol. The van der Waals surface area contributed by atoms with Crippen LogP contribution in [-0.2, 0) is 16.2 Å². The van der Waals surface area contributed by atoms with Gasteiger partial charge in [-0.25, -0.2) is 0 Å². The fraction of sp³-hybridized carbons (Fsp3) is 0.125. The maximum Gasteiger partial charge on any atom is 0.312 e. The largest absolute Gasteiger partial charge is 0.373 e. The highest BCUT2D eigenvalue weighted by atomic mass is 16.7. The molecule has 0 fully saturated rings. The van der Waals surface area contributed by atoms with Crippen LogP contribution in [-0.4, -0.2) is 11.4 Å². The van der Waals surface area contributed by atoms with E-state index in [2.05, 4.69) is 10.3 Å². The minimum absolute atomic E-state index is 0.00509. The quantitative estimate of drug-likeness (QED) is 0.325. The van der Waals surface area contributed by atoms with Crippen LogP contribution in [0.1, 0.15) is 5.56 Å². The summed E-state index contributed by atoms with van der Waals surface area (Å²) < 4.78 is 0. The molecule has 0 radical (unpaired) electrons. The molecular formula is C8H8N2O4. The molecule has 0 amide bonds. The average Bonchev–Trinajstić information content (AvgIpc) is 2.19. The van der Waals surface area contributed by atoms with Gasteiger partial charge in [0.1, 0.15) is 0 Å². The molecule has 0 aliphatic rings. The van der Waals surface area contributed by atoms with E-state index in [1.165, 1.54) is 6.07 Å². The molecular weight excluding hydrogens is 188 g/mol. The summed E-state index contributed by atoms with van der Waals surface area (Å²) in [4.78, 5) is 24.0. The molecule has 0 spiro atoms. The Morgan fingerprint density at radius 3 is 2.86 bits per heavy atom. The number of nitro benzene ring substituents is 1. The lowest BCUT2D eigenvalue weighted by molar-refractivity contribution is -0.385. The van der Waals surface area contributed by atoms with Crippen molar-refractivity contribution >= 4 is 12.2 Å². The van der Waals surface area contributed by atoms with Gasteiger partial charge in [0.25, 0.3) is 5.69 Å². The molecule has 1 aromatic rings. The first kappa shape index (κ1) is 10.1. The van der Waals surface area contributed by atoms with Gasteiger partial charge in [0.2, 0.25) is 0 Å². The summed E-state index contributed by atoms with van der Waals surface area (Å²) in [6.07, 6.45) is 0. The van der Waals surface area contributed by atoms with Gasteiger partial charge >= 0.3 is 6.47 Å². The topological polar surface area (TPSA) is 81.5 Å². The molecule has 6 heteroatoms. The van der Waals surface area contributed by atoms with E-state index in [9.17, 15) is 14.9 Å². The van der Waals surface area contributed by atoms with Crippen molar-refractivity contribution in [2.24, 2.45) is 0 Å². The molecule has 6 nitrogen and oxygen atoms in total. The second-order valence-electron chi connectivity index (χ2n) is 2.42. The second kappa shape index (κ2) is 4.93. The average molecular weight is 196 g/mol. The first-order valence-electron chi connectivity index (χ1n) is 3.80. The van der Waals surface area contributed by atoms with Crippen molar-refractivity contribution in [2.75, 3.05) is 0 Å². The molecule has 74 valence electrons. The fourth-order valence-electron chi connectivity index (χ4n) is 0.992. The molecule has 0 aromatic heterocycles. The Hall–Kier alpha value is -1.95. The van der Waals surface area contributed by atoms with Crippen LogP contribution in [0.25, 0.3) is 0 Å². The number of rotatable bonds is 5. The molecule has 14 heavy (non-hydrogen) atoms. The first-order valence-corrected chi connectivity index (χ1v) is 3.80. The van der Waals surface area contributed by atoms with Crippen molar-refractivity contribution in [2.45, 2.75) is 6.54 Å². The Bertz CT molecular complexity index is 340. The standard InChI is InChI=1S/C8H8N2O4/c11-6-14-9-5-7-3-1-2-4-8(7)10(12)13/h1-4,6,9H,5H2. The number of para-hydroxylation sites is 1. The Kier molecular flexibility index (Phi) is 3.57. The lowest BCUT2D eigenvalue weighted by Crippen LogP contribution is -2.13. The SMILES string of the molecule is O=CONCc1ccccc1[N+](=O)[O-]. The smallest absolute Gasteiger partial charge is 0.312 e. The van der Waals surface area contributed by atoms with Crippen molar-refractivity contribution in [3.63, 3.8) is 0 Å². The normalized spacial score (nSPS) is 9.43. The van der Waals surface area contributed by atoms with Crippen LogP contribution in [0.2, 0.25) is 0 Å². The van der Waals surface area contributed by atoms with Gasteiger partial charge in [-0.2, -0.15) is 0 Å². The van der Waals surface area contributed by atoms with Crippen molar-refractivity contribution in [1.29, 1.82) is 0 Å². The van der Waals surface area contributed by atoms with E-state index in [1.807, 2.05) is 0 Å². The molecule has 0 heterocycles. The van der Waals surface area contributed by atoms with Crippen LogP contribution in [0, 0.1) is 10.1 Å². The van der Waals surface area contributed by atoms with Crippen LogP contribution in [0.15, 0.2) is 24.3 Å². The van der Waals surface area contributed by atoms with Crippen molar-refractivity contribution < 1.29 is 14.6 Å². The number of nitrogens with one attached hydrogen (secondary N) is 1. The minimum atomic E-state index is -0.488. The lowest BCUT2D eigenvalue weighted by atomic mass is 10.2. The zero-order valence-electron chi connectivity index (χ0n) is 7.17. The highest BCUT2D eigenvalue weighted by molar-refractivity contribution is 5.40.